The maximum atomic E-state index is 14.0. The minimum absolute atomic E-state index is 0.0446. The van der Waals surface area contributed by atoms with Crippen molar-refractivity contribution in [2.24, 2.45) is 0 Å². The predicted octanol–water partition coefficient (Wildman–Crippen LogP) is 2.65. The molecule has 24 heavy (non-hydrogen) atoms. The zero-order valence-electron chi connectivity index (χ0n) is 12.7. The van der Waals surface area contributed by atoms with Crippen molar-refractivity contribution >= 4 is 5.91 Å². The highest BCUT2D eigenvalue weighted by atomic mass is 19.1. The Morgan fingerprint density at radius 1 is 1.17 bits per heavy atom. The van der Waals surface area contributed by atoms with E-state index in [2.05, 4.69) is 11.8 Å². The summed E-state index contributed by atoms with van der Waals surface area (Å²) in [4.78, 5) is 13.7. The molecule has 1 aliphatic heterocycles. The van der Waals surface area contributed by atoms with Gasteiger partial charge < -0.3 is 10.0 Å². The summed E-state index contributed by atoms with van der Waals surface area (Å²) in [6, 6.07) is 11.4. The second-order valence-electron chi connectivity index (χ2n) is 5.64. The molecule has 0 spiro atoms. The Hall–Kier alpha value is -2.71. The van der Waals surface area contributed by atoms with E-state index < -0.39 is 29.7 Å². The van der Waals surface area contributed by atoms with Crippen LogP contribution < -0.4 is 0 Å². The zero-order chi connectivity index (χ0) is 17.1. The number of benzene rings is 2. The molecule has 2 aromatic rings. The van der Waals surface area contributed by atoms with E-state index in [1.807, 2.05) is 6.07 Å². The van der Waals surface area contributed by atoms with Crippen LogP contribution in [0, 0.1) is 23.5 Å². The van der Waals surface area contributed by atoms with Gasteiger partial charge in [0.1, 0.15) is 11.6 Å². The topological polar surface area (TPSA) is 40.5 Å². The number of hydrogen-bond acceptors (Lipinski definition) is 2. The third-order valence-electron chi connectivity index (χ3n) is 3.94. The number of aliphatic hydroxyl groups is 1. The number of nitrogens with zero attached hydrogens (tertiary/aromatic N) is 1. The van der Waals surface area contributed by atoms with Crippen molar-refractivity contribution in [3.63, 3.8) is 0 Å². The fourth-order valence-corrected chi connectivity index (χ4v) is 2.82. The normalized spacial score (nSPS) is 19.7. The van der Waals surface area contributed by atoms with Crippen LogP contribution in [0.25, 0.3) is 0 Å². The average Bonchev–Trinajstić information content (AvgIpc) is 2.97. The predicted molar refractivity (Wildman–Crippen MR) is 84.8 cm³/mol. The molecule has 1 fully saturated rings. The molecule has 0 aromatic heterocycles. The minimum Gasteiger partial charge on any atom is -0.391 e. The number of amides is 1. The fraction of sp³-hybridized carbons (Fsp3) is 0.211. The lowest BCUT2D eigenvalue weighted by Crippen LogP contribution is -2.31. The van der Waals surface area contributed by atoms with Gasteiger partial charge in [0.25, 0.3) is 5.91 Å². The van der Waals surface area contributed by atoms with Gasteiger partial charge in [-0.05, 0) is 36.8 Å². The van der Waals surface area contributed by atoms with Crippen LogP contribution in [-0.2, 0) is 4.79 Å². The van der Waals surface area contributed by atoms with E-state index >= 15 is 0 Å². The molecular formula is C19H15F2NO2. The van der Waals surface area contributed by atoms with Gasteiger partial charge in [-0.2, -0.15) is 0 Å². The van der Waals surface area contributed by atoms with Gasteiger partial charge in [-0.25, -0.2) is 8.78 Å². The van der Waals surface area contributed by atoms with E-state index in [-0.39, 0.29) is 18.5 Å². The summed E-state index contributed by atoms with van der Waals surface area (Å²) in [5, 5.41) is 9.87. The number of halogens is 2. The number of β-amino-alcohol motifs (C(OH)–C–C–N with tert-alkyl or cyclic N) is 1. The third kappa shape index (κ3) is 3.44. The Kier molecular flexibility index (Phi) is 4.59. The largest absolute Gasteiger partial charge is 0.391 e. The Balaban J connectivity index is 1.87. The summed E-state index contributed by atoms with van der Waals surface area (Å²) < 4.78 is 27.4. The lowest BCUT2D eigenvalue weighted by molar-refractivity contribution is -0.126. The van der Waals surface area contributed by atoms with Crippen molar-refractivity contribution in [2.45, 2.75) is 18.6 Å². The van der Waals surface area contributed by atoms with Gasteiger partial charge in [0.15, 0.2) is 0 Å². The monoisotopic (exact) mass is 327 g/mol. The van der Waals surface area contributed by atoms with Crippen LogP contribution in [-0.4, -0.2) is 28.6 Å². The number of aliphatic hydroxyl groups excluding tert-OH is 1. The molecule has 1 aliphatic rings. The van der Waals surface area contributed by atoms with Gasteiger partial charge in [0.2, 0.25) is 0 Å². The standard InChI is InChI=1S/C19H15F2NO2/c20-14-7-8-17(21)16(10-14)18-11-15(23)12-22(18)19(24)9-6-13-4-2-1-3-5-13/h1-5,7-8,10,15,18,23H,11-12H2. The first-order valence-electron chi connectivity index (χ1n) is 7.55. The Morgan fingerprint density at radius 3 is 2.67 bits per heavy atom. The quantitative estimate of drug-likeness (QED) is 0.818. The van der Waals surface area contributed by atoms with Crippen molar-refractivity contribution in [1.29, 1.82) is 0 Å². The third-order valence-corrected chi connectivity index (χ3v) is 3.94. The maximum Gasteiger partial charge on any atom is 0.299 e. The van der Waals surface area contributed by atoms with E-state index in [0.29, 0.717) is 5.56 Å². The number of likely N-dealkylation sites (tertiary alicyclic amines) is 1. The van der Waals surface area contributed by atoms with Crippen LogP contribution in [0.1, 0.15) is 23.6 Å². The van der Waals surface area contributed by atoms with Gasteiger partial charge in [-0.1, -0.05) is 24.1 Å². The molecule has 2 atom stereocenters. The minimum atomic E-state index is -0.792. The molecule has 3 rings (SSSR count). The van der Waals surface area contributed by atoms with E-state index in [9.17, 15) is 18.7 Å². The average molecular weight is 327 g/mol. The number of carbonyl (C=O) groups excluding carboxylic acids is 1. The molecule has 3 nitrogen and oxygen atoms in total. The molecule has 1 saturated heterocycles. The molecule has 1 heterocycles. The summed E-state index contributed by atoms with van der Waals surface area (Å²) in [5.41, 5.74) is 0.737. The van der Waals surface area contributed by atoms with Crippen molar-refractivity contribution in [1.82, 2.24) is 4.90 Å². The fourth-order valence-electron chi connectivity index (χ4n) is 2.82. The Labute approximate surface area is 138 Å². The molecule has 0 saturated carbocycles. The van der Waals surface area contributed by atoms with Gasteiger partial charge in [0.05, 0.1) is 12.1 Å². The second-order valence-corrected chi connectivity index (χ2v) is 5.64. The molecular weight excluding hydrogens is 312 g/mol. The lowest BCUT2D eigenvalue weighted by atomic mass is 10.0. The van der Waals surface area contributed by atoms with Crippen LogP contribution in [0.5, 0.6) is 0 Å². The van der Waals surface area contributed by atoms with Crippen LogP contribution in [0.4, 0.5) is 8.78 Å². The van der Waals surface area contributed by atoms with E-state index in [0.717, 1.165) is 18.2 Å². The summed E-state index contributed by atoms with van der Waals surface area (Å²) >= 11 is 0. The van der Waals surface area contributed by atoms with Crippen LogP contribution in [0.2, 0.25) is 0 Å². The SMILES string of the molecule is O=C(C#Cc1ccccc1)N1CC(O)CC1c1cc(F)ccc1F. The van der Waals surface area contributed by atoms with Crippen molar-refractivity contribution < 1.29 is 18.7 Å². The van der Waals surface area contributed by atoms with E-state index in [1.54, 1.807) is 24.3 Å². The summed E-state index contributed by atoms with van der Waals surface area (Å²) in [6.45, 7) is 0.0446. The van der Waals surface area contributed by atoms with E-state index in [1.165, 1.54) is 4.90 Å². The van der Waals surface area contributed by atoms with Gasteiger partial charge in [0, 0.05) is 23.6 Å². The number of carbonyl (C=O) groups is 1. The van der Waals surface area contributed by atoms with Crippen LogP contribution in [0.3, 0.4) is 0 Å². The molecule has 5 heteroatoms. The lowest BCUT2D eigenvalue weighted by Gasteiger charge is -2.22. The zero-order valence-corrected chi connectivity index (χ0v) is 12.7. The molecule has 0 aliphatic carbocycles. The van der Waals surface area contributed by atoms with Crippen LogP contribution >= 0.6 is 0 Å². The highest BCUT2D eigenvalue weighted by Gasteiger charge is 2.36. The number of hydrogen-bond donors (Lipinski definition) is 1. The summed E-state index contributed by atoms with van der Waals surface area (Å²) in [6.07, 6.45) is -0.640. The first kappa shape index (κ1) is 16.2. The van der Waals surface area contributed by atoms with Crippen molar-refractivity contribution in [2.75, 3.05) is 6.54 Å². The molecule has 1 N–H and O–H groups in total. The van der Waals surface area contributed by atoms with Crippen molar-refractivity contribution in [3.05, 3.63) is 71.3 Å². The van der Waals surface area contributed by atoms with Gasteiger partial charge in [-0.15, -0.1) is 0 Å². The maximum absolute atomic E-state index is 14.0. The summed E-state index contributed by atoms with van der Waals surface area (Å²) in [7, 11) is 0. The smallest absolute Gasteiger partial charge is 0.299 e. The molecule has 0 bridgehead atoms. The Bertz CT molecular complexity index is 811. The first-order chi connectivity index (χ1) is 11.5. The second kappa shape index (κ2) is 6.81. The van der Waals surface area contributed by atoms with Crippen molar-refractivity contribution in [3.8, 4) is 11.8 Å². The molecule has 2 unspecified atom stereocenters. The summed E-state index contributed by atoms with van der Waals surface area (Å²) in [5.74, 6) is 3.53. The highest BCUT2D eigenvalue weighted by Crippen LogP contribution is 2.33. The first-order valence-corrected chi connectivity index (χ1v) is 7.55. The van der Waals surface area contributed by atoms with E-state index in [4.69, 9.17) is 0 Å². The van der Waals surface area contributed by atoms with Gasteiger partial charge in [-0.3, -0.25) is 4.79 Å². The molecule has 1 amide bonds. The number of rotatable bonds is 1. The molecule has 2 aromatic carbocycles. The molecule has 122 valence electrons. The van der Waals surface area contributed by atoms with Crippen LogP contribution in [0.15, 0.2) is 48.5 Å². The van der Waals surface area contributed by atoms with Gasteiger partial charge >= 0.3 is 0 Å². The molecule has 0 radical (unpaired) electrons. The Morgan fingerprint density at radius 2 is 1.92 bits per heavy atom. The highest BCUT2D eigenvalue weighted by molar-refractivity contribution is 5.94.